The van der Waals surface area contributed by atoms with Crippen LogP contribution in [0, 0.1) is 6.92 Å². The lowest BCUT2D eigenvalue weighted by atomic mass is 10.2. The predicted molar refractivity (Wildman–Crippen MR) is 115 cm³/mol. The van der Waals surface area contributed by atoms with E-state index >= 15 is 0 Å². The van der Waals surface area contributed by atoms with Gasteiger partial charge in [0.05, 0.1) is 11.1 Å². The molecule has 30 heavy (non-hydrogen) atoms. The highest BCUT2D eigenvalue weighted by molar-refractivity contribution is 7.89. The number of hydrogen-bond donors (Lipinski definition) is 1. The Balaban J connectivity index is 1.65. The molecule has 1 N–H and O–H groups in total. The molecule has 0 aromatic heterocycles. The summed E-state index contributed by atoms with van der Waals surface area (Å²) < 4.78 is 54.0. The second-order valence-electron chi connectivity index (χ2n) is 6.23. The third kappa shape index (κ3) is 5.59. The lowest BCUT2D eigenvalue weighted by Gasteiger charge is -2.07. The summed E-state index contributed by atoms with van der Waals surface area (Å²) in [6.45, 7) is 1.86. The zero-order chi connectivity index (χ0) is 21.8. The quantitative estimate of drug-likeness (QED) is 0.326. The van der Waals surface area contributed by atoms with E-state index in [1.54, 1.807) is 12.1 Å². The summed E-state index contributed by atoms with van der Waals surface area (Å²) in [6, 6.07) is 17.9. The van der Waals surface area contributed by atoms with Crippen LogP contribution in [0.15, 0.2) is 87.7 Å². The van der Waals surface area contributed by atoms with Crippen LogP contribution in [0.3, 0.4) is 0 Å². The highest BCUT2D eigenvalue weighted by Crippen LogP contribution is 2.20. The van der Waals surface area contributed by atoms with E-state index in [9.17, 15) is 16.8 Å². The second-order valence-corrected chi connectivity index (χ2v) is 9.87. The first-order chi connectivity index (χ1) is 14.2. The summed E-state index contributed by atoms with van der Waals surface area (Å²) in [7, 11) is -7.77. The summed E-state index contributed by atoms with van der Waals surface area (Å²) in [5.74, 6) is 0.0994. The molecular formula is C20H17ClN2O5S2. The molecule has 7 nitrogen and oxygen atoms in total. The zero-order valence-electron chi connectivity index (χ0n) is 15.7. The van der Waals surface area contributed by atoms with Crippen molar-refractivity contribution in [3.05, 3.63) is 88.9 Å². The van der Waals surface area contributed by atoms with Gasteiger partial charge in [-0.1, -0.05) is 29.3 Å². The first-order valence-corrected chi connectivity index (χ1v) is 11.8. The van der Waals surface area contributed by atoms with Crippen LogP contribution in [0.4, 0.5) is 0 Å². The molecule has 3 rings (SSSR count). The fourth-order valence-electron chi connectivity index (χ4n) is 2.33. The van der Waals surface area contributed by atoms with Gasteiger partial charge in [-0.15, -0.1) is 0 Å². The average molecular weight is 465 g/mol. The van der Waals surface area contributed by atoms with Crippen molar-refractivity contribution in [1.29, 1.82) is 0 Å². The van der Waals surface area contributed by atoms with Crippen molar-refractivity contribution in [3.8, 4) is 5.75 Å². The monoisotopic (exact) mass is 464 g/mol. The second kappa shape index (κ2) is 8.86. The van der Waals surface area contributed by atoms with Crippen molar-refractivity contribution < 1.29 is 21.0 Å². The molecule has 0 radical (unpaired) electrons. The Bertz CT molecular complexity index is 1250. The molecule has 0 saturated carbocycles. The van der Waals surface area contributed by atoms with Crippen LogP contribution in [0.1, 0.15) is 11.1 Å². The van der Waals surface area contributed by atoms with E-state index in [4.69, 9.17) is 15.8 Å². The van der Waals surface area contributed by atoms with E-state index < -0.39 is 20.1 Å². The van der Waals surface area contributed by atoms with E-state index in [0.717, 1.165) is 5.56 Å². The Morgan fingerprint density at radius 1 is 0.833 bits per heavy atom. The molecule has 0 bridgehead atoms. The largest absolute Gasteiger partial charge is 0.379 e. The number of rotatable bonds is 7. The molecular weight excluding hydrogens is 448 g/mol. The lowest BCUT2D eigenvalue weighted by molar-refractivity contribution is 0.486. The summed E-state index contributed by atoms with van der Waals surface area (Å²) in [6.07, 6.45) is 1.29. The minimum atomic E-state index is -4.00. The zero-order valence-corrected chi connectivity index (χ0v) is 18.1. The van der Waals surface area contributed by atoms with Gasteiger partial charge in [0.25, 0.3) is 10.0 Å². The average Bonchev–Trinajstić information content (AvgIpc) is 2.70. The van der Waals surface area contributed by atoms with E-state index in [1.807, 2.05) is 6.92 Å². The van der Waals surface area contributed by atoms with Gasteiger partial charge in [0.1, 0.15) is 10.6 Å². The molecule has 3 aromatic carbocycles. The van der Waals surface area contributed by atoms with Crippen LogP contribution in [0.25, 0.3) is 0 Å². The Labute approximate surface area is 180 Å². The first-order valence-electron chi connectivity index (χ1n) is 8.57. The van der Waals surface area contributed by atoms with Crippen molar-refractivity contribution in [1.82, 2.24) is 4.83 Å². The molecule has 0 fully saturated rings. The minimum absolute atomic E-state index is 0.0250. The number of nitrogens with zero attached hydrogens (tertiary/aromatic N) is 1. The molecule has 0 aliphatic rings. The van der Waals surface area contributed by atoms with E-state index in [-0.39, 0.29) is 15.5 Å². The van der Waals surface area contributed by atoms with E-state index in [2.05, 4.69) is 9.93 Å². The van der Waals surface area contributed by atoms with Gasteiger partial charge in [-0.3, -0.25) is 0 Å². The molecule has 0 heterocycles. The van der Waals surface area contributed by atoms with Crippen LogP contribution >= 0.6 is 11.6 Å². The molecule has 0 amide bonds. The molecule has 0 saturated heterocycles. The number of benzene rings is 3. The minimum Gasteiger partial charge on any atom is -0.379 e. The molecule has 10 heteroatoms. The molecule has 156 valence electrons. The summed E-state index contributed by atoms with van der Waals surface area (Å²) >= 11 is 5.76. The predicted octanol–water partition coefficient (Wildman–Crippen LogP) is 3.73. The highest BCUT2D eigenvalue weighted by Gasteiger charge is 2.16. The first kappa shape index (κ1) is 21.8. The highest BCUT2D eigenvalue weighted by atomic mass is 35.5. The van der Waals surface area contributed by atoms with E-state index in [1.165, 1.54) is 66.9 Å². The van der Waals surface area contributed by atoms with Crippen molar-refractivity contribution in [3.63, 3.8) is 0 Å². The van der Waals surface area contributed by atoms with Gasteiger partial charge in [-0.05, 0) is 73.2 Å². The Kier molecular flexibility index (Phi) is 6.45. The van der Waals surface area contributed by atoms with Crippen molar-refractivity contribution in [2.45, 2.75) is 16.7 Å². The lowest BCUT2D eigenvalue weighted by Crippen LogP contribution is -2.18. The van der Waals surface area contributed by atoms with Crippen LogP contribution < -0.4 is 9.01 Å². The summed E-state index contributed by atoms with van der Waals surface area (Å²) in [4.78, 5) is 2.20. The van der Waals surface area contributed by atoms with Crippen LogP contribution in [-0.2, 0) is 20.1 Å². The molecule has 0 unspecified atom stereocenters. The van der Waals surface area contributed by atoms with Crippen molar-refractivity contribution in [2.75, 3.05) is 0 Å². The topological polar surface area (TPSA) is 102 Å². The third-order valence-electron chi connectivity index (χ3n) is 3.91. The van der Waals surface area contributed by atoms with Gasteiger partial charge in [0.2, 0.25) is 0 Å². The standard InChI is InChI=1S/C20H17ClN2O5S2/c1-15-2-10-19(11-3-15)29(24,25)23-22-14-16-4-8-18(9-5-16)28-30(26,27)20-12-6-17(21)7-13-20/h2-14,23H,1H3. The number of nitrogens with one attached hydrogen (secondary N) is 1. The van der Waals surface area contributed by atoms with Gasteiger partial charge < -0.3 is 4.18 Å². The molecule has 0 atom stereocenters. The van der Waals surface area contributed by atoms with E-state index in [0.29, 0.717) is 10.6 Å². The maximum Gasteiger partial charge on any atom is 0.339 e. The number of sulfonamides is 1. The SMILES string of the molecule is Cc1ccc(S(=O)(=O)NN=Cc2ccc(OS(=O)(=O)c3ccc(Cl)cc3)cc2)cc1. The van der Waals surface area contributed by atoms with Gasteiger partial charge in [-0.2, -0.15) is 21.9 Å². The Morgan fingerprint density at radius 3 is 2.00 bits per heavy atom. The molecule has 0 spiro atoms. The van der Waals surface area contributed by atoms with Crippen LogP contribution in [0.5, 0.6) is 5.75 Å². The fraction of sp³-hybridized carbons (Fsp3) is 0.0500. The number of aryl methyl sites for hydroxylation is 1. The Morgan fingerprint density at radius 2 is 1.40 bits per heavy atom. The fourth-order valence-corrected chi connectivity index (χ4v) is 4.17. The van der Waals surface area contributed by atoms with Gasteiger partial charge >= 0.3 is 10.1 Å². The summed E-state index contributed by atoms with van der Waals surface area (Å²) in [5, 5.41) is 4.15. The Hall–Kier alpha value is -2.88. The number of hydrogen-bond acceptors (Lipinski definition) is 6. The van der Waals surface area contributed by atoms with Crippen LogP contribution in [-0.4, -0.2) is 23.1 Å². The van der Waals surface area contributed by atoms with Crippen molar-refractivity contribution in [2.24, 2.45) is 5.10 Å². The van der Waals surface area contributed by atoms with Gasteiger partial charge in [0.15, 0.2) is 0 Å². The number of halogens is 1. The van der Waals surface area contributed by atoms with Crippen molar-refractivity contribution >= 4 is 38.0 Å². The molecule has 0 aliphatic carbocycles. The normalized spacial score (nSPS) is 12.1. The summed E-state index contributed by atoms with van der Waals surface area (Å²) in [5.41, 5.74) is 1.48. The van der Waals surface area contributed by atoms with Gasteiger partial charge in [-0.25, -0.2) is 4.83 Å². The smallest absolute Gasteiger partial charge is 0.339 e. The maximum absolute atomic E-state index is 12.3. The molecule has 0 aliphatic heterocycles. The third-order valence-corrected chi connectivity index (χ3v) is 6.66. The van der Waals surface area contributed by atoms with Gasteiger partial charge in [0, 0.05) is 5.02 Å². The maximum atomic E-state index is 12.3. The molecule has 3 aromatic rings. The van der Waals surface area contributed by atoms with Crippen LogP contribution in [0.2, 0.25) is 5.02 Å². The number of hydrazone groups is 1.